The zero-order valence-electron chi connectivity index (χ0n) is 13.0. The molecule has 0 spiro atoms. The second-order valence-electron chi connectivity index (χ2n) is 6.33. The summed E-state index contributed by atoms with van der Waals surface area (Å²) in [6.07, 6.45) is 2.56. The fourth-order valence-electron chi connectivity index (χ4n) is 2.55. The van der Waals surface area contributed by atoms with Gasteiger partial charge in [-0.2, -0.15) is 4.98 Å². The summed E-state index contributed by atoms with van der Waals surface area (Å²) in [4.78, 5) is 6.96. The second-order valence-corrected chi connectivity index (χ2v) is 6.33. The number of aryl methyl sites for hydroxylation is 1. The van der Waals surface area contributed by atoms with Gasteiger partial charge >= 0.3 is 0 Å². The lowest BCUT2D eigenvalue weighted by Crippen LogP contribution is -2.25. The van der Waals surface area contributed by atoms with Crippen LogP contribution in [-0.4, -0.2) is 21.1 Å². The van der Waals surface area contributed by atoms with Gasteiger partial charge in [-0.15, -0.1) is 0 Å². The van der Waals surface area contributed by atoms with Crippen molar-refractivity contribution in [2.45, 2.75) is 58.7 Å². The Labute approximate surface area is 126 Å². The normalized spacial score (nSPS) is 15.1. The van der Waals surface area contributed by atoms with Gasteiger partial charge in [-0.05, 0) is 25.3 Å². The van der Waals surface area contributed by atoms with Gasteiger partial charge in [0.25, 0.3) is 0 Å². The number of hydrogen-bond donors (Lipinski definition) is 0. The predicted molar refractivity (Wildman–Crippen MR) is 81.8 cm³/mol. The van der Waals surface area contributed by atoms with Crippen LogP contribution in [0.2, 0.25) is 0 Å². The average molecular weight is 285 g/mol. The molecule has 112 valence electrons. The number of rotatable bonds is 6. The fraction of sp³-hybridized carbons (Fsp3) is 0.529. The molecular weight excluding hydrogens is 262 g/mol. The number of hydrogen-bond acceptors (Lipinski definition) is 4. The number of aromatic nitrogens is 2. The van der Waals surface area contributed by atoms with Gasteiger partial charge in [0.15, 0.2) is 5.82 Å². The molecule has 1 aromatic carbocycles. The monoisotopic (exact) mass is 285 g/mol. The van der Waals surface area contributed by atoms with Gasteiger partial charge in [0.2, 0.25) is 5.89 Å². The van der Waals surface area contributed by atoms with Gasteiger partial charge in [-0.25, -0.2) is 0 Å². The number of benzene rings is 1. The first-order valence-corrected chi connectivity index (χ1v) is 7.74. The van der Waals surface area contributed by atoms with Crippen molar-refractivity contribution in [1.29, 1.82) is 0 Å². The van der Waals surface area contributed by atoms with Crippen molar-refractivity contribution in [3.63, 3.8) is 0 Å². The van der Waals surface area contributed by atoms with Crippen molar-refractivity contribution in [3.05, 3.63) is 47.1 Å². The molecule has 0 unspecified atom stereocenters. The zero-order chi connectivity index (χ0) is 14.8. The summed E-state index contributed by atoms with van der Waals surface area (Å²) >= 11 is 0. The summed E-state index contributed by atoms with van der Waals surface area (Å²) in [6, 6.07) is 9.38. The highest BCUT2D eigenvalue weighted by Crippen LogP contribution is 2.29. The maximum atomic E-state index is 5.31. The van der Waals surface area contributed by atoms with E-state index in [-0.39, 0.29) is 5.92 Å². The van der Waals surface area contributed by atoms with Crippen LogP contribution in [0.5, 0.6) is 0 Å². The van der Waals surface area contributed by atoms with E-state index >= 15 is 0 Å². The van der Waals surface area contributed by atoms with Crippen LogP contribution < -0.4 is 0 Å². The summed E-state index contributed by atoms with van der Waals surface area (Å²) in [7, 11) is 0. The molecule has 1 aliphatic rings. The standard InChI is InChI=1S/C17H23N3O/c1-12(2)17-18-16(19-21-17)11-20(15-7-8-15)10-14-6-4-5-13(3)9-14/h4-6,9,12,15H,7-8,10-11H2,1-3H3. The van der Waals surface area contributed by atoms with E-state index in [1.807, 2.05) is 0 Å². The van der Waals surface area contributed by atoms with Gasteiger partial charge in [0.05, 0.1) is 6.54 Å². The van der Waals surface area contributed by atoms with Crippen molar-refractivity contribution < 1.29 is 4.52 Å². The lowest BCUT2D eigenvalue weighted by atomic mass is 10.1. The maximum absolute atomic E-state index is 5.31. The van der Waals surface area contributed by atoms with Crippen molar-refractivity contribution in [2.75, 3.05) is 0 Å². The van der Waals surface area contributed by atoms with Gasteiger partial charge in [0.1, 0.15) is 0 Å². The van der Waals surface area contributed by atoms with Crippen LogP contribution in [0, 0.1) is 6.92 Å². The molecule has 3 rings (SSSR count). The van der Waals surface area contributed by atoms with E-state index in [0.29, 0.717) is 6.04 Å². The molecule has 0 amide bonds. The Hall–Kier alpha value is -1.68. The molecule has 2 aromatic rings. The topological polar surface area (TPSA) is 42.2 Å². The molecule has 4 heteroatoms. The van der Waals surface area contributed by atoms with Crippen molar-refractivity contribution >= 4 is 0 Å². The van der Waals surface area contributed by atoms with Crippen LogP contribution in [0.1, 0.15) is 55.4 Å². The molecule has 0 N–H and O–H groups in total. The van der Waals surface area contributed by atoms with E-state index < -0.39 is 0 Å². The molecule has 1 aromatic heterocycles. The molecule has 4 nitrogen and oxygen atoms in total. The van der Waals surface area contributed by atoms with Crippen molar-refractivity contribution in [2.24, 2.45) is 0 Å². The molecule has 21 heavy (non-hydrogen) atoms. The molecular formula is C17H23N3O. The highest BCUT2D eigenvalue weighted by Gasteiger charge is 2.30. The van der Waals surface area contributed by atoms with E-state index in [9.17, 15) is 0 Å². The molecule has 0 atom stereocenters. The van der Waals surface area contributed by atoms with Gasteiger partial charge in [0, 0.05) is 18.5 Å². The van der Waals surface area contributed by atoms with Crippen molar-refractivity contribution in [3.8, 4) is 0 Å². The summed E-state index contributed by atoms with van der Waals surface area (Å²) in [5, 5.41) is 4.12. The molecule has 0 radical (unpaired) electrons. The lowest BCUT2D eigenvalue weighted by molar-refractivity contribution is 0.235. The minimum absolute atomic E-state index is 0.289. The van der Waals surface area contributed by atoms with E-state index in [2.05, 4.69) is 60.1 Å². The number of nitrogens with zero attached hydrogens (tertiary/aromatic N) is 3. The first-order chi connectivity index (χ1) is 10.1. The minimum Gasteiger partial charge on any atom is -0.339 e. The van der Waals surface area contributed by atoms with E-state index in [1.165, 1.54) is 24.0 Å². The Kier molecular flexibility index (Phi) is 4.06. The Balaban J connectivity index is 1.69. The zero-order valence-corrected chi connectivity index (χ0v) is 13.0. The highest BCUT2D eigenvalue weighted by molar-refractivity contribution is 5.22. The minimum atomic E-state index is 0.289. The largest absolute Gasteiger partial charge is 0.339 e. The first-order valence-electron chi connectivity index (χ1n) is 7.74. The average Bonchev–Trinajstić information content (AvgIpc) is 3.18. The fourth-order valence-corrected chi connectivity index (χ4v) is 2.55. The van der Waals surface area contributed by atoms with Gasteiger partial charge < -0.3 is 4.52 Å². The van der Waals surface area contributed by atoms with Crippen LogP contribution in [-0.2, 0) is 13.1 Å². The van der Waals surface area contributed by atoms with E-state index in [1.54, 1.807) is 0 Å². The predicted octanol–water partition coefficient (Wildman–Crippen LogP) is 3.67. The Bertz CT molecular complexity index is 602. The van der Waals surface area contributed by atoms with Gasteiger partial charge in [-0.1, -0.05) is 48.8 Å². The Morgan fingerprint density at radius 1 is 1.29 bits per heavy atom. The quantitative estimate of drug-likeness (QED) is 0.812. The summed E-state index contributed by atoms with van der Waals surface area (Å²) in [5.41, 5.74) is 2.67. The Morgan fingerprint density at radius 3 is 2.71 bits per heavy atom. The van der Waals surface area contributed by atoms with Crippen LogP contribution >= 0.6 is 0 Å². The van der Waals surface area contributed by atoms with Gasteiger partial charge in [-0.3, -0.25) is 4.90 Å². The third-order valence-electron chi connectivity index (χ3n) is 3.85. The second kappa shape index (κ2) is 5.98. The Morgan fingerprint density at radius 2 is 2.10 bits per heavy atom. The molecule has 1 aliphatic carbocycles. The van der Waals surface area contributed by atoms with E-state index in [4.69, 9.17) is 4.52 Å². The highest BCUT2D eigenvalue weighted by atomic mass is 16.5. The smallest absolute Gasteiger partial charge is 0.229 e. The SMILES string of the molecule is Cc1cccc(CN(Cc2noc(C(C)C)n2)C2CC2)c1. The van der Waals surface area contributed by atoms with Crippen LogP contribution in [0.3, 0.4) is 0 Å². The molecule has 0 bridgehead atoms. The maximum Gasteiger partial charge on any atom is 0.229 e. The first kappa shape index (κ1) is 14.3. The van der Waals surface area contributed by atoms with Crippen molar-refractivity contribution in [1.82, 2.24) is 15.0 Å². The molecule has 0 aliphatic heterocycles. The summed E-state index contributed by atoms with van der Waals surface area (Å²) < 4.78 is 5.31. The third-order valence-corrected chi connectivity index (χ3v) is 3.85. The third kappa shape index (κ3) is 3.70. The van der Waals surface area contributed by atoms with Crippen LogP contribution in [0.25, 0.3) is 0 Å². The molecule has 1 saturated carbocycles. The van der Waals surface area contributed by atoms with E-state index in [0.717, 1.165) is 24.8 Å². The molecule has 1 heterocycles. The van der Waals surface area contributed by atoms with Crippen LogP contribution in [0.15, 0.2) is 28.8 Å². The summed E-state index contributed by atoms with van der Waals surface area (Å²) in [5.74, 6) is 1.83. The molecule has 0 saturated heterocycles. The molecule has 1 fully saturated rings. The summed E-state index contributed by atoms with van der Waals surface area (Å²) in [6.45, 7) is 8.01. The van der Waals surface area contributed by atoms with Crippen LogP contribution in [0.4, 0.5) is 0 Å². The lowest BCUT2D eigenvalue weighted by Gasteiger charge is -2.20.